The molecule has 0 aromatic heterocycles. The lowest BCUT2D eigenvalue weighted by atomic mass is 10.0. The monoisotopic (exact) mass is 585 g/mol. The lowest BCUT2D eigenvalue weighted by Crippen LogP contribution is -2.69. The lowest BCUT2D eigenvalue weighted by molar-refractivity contribution is -0.140. The van der Waals surface area contributed by atoms with Crippen molar-refractivity contribution in [2.75, 3.05) is 31.3 Å². The molecule has 43 heavy (non-hydrogen) atoms. The van der Waals surface area contributed by atoms with Gasteiger partial charge in [-0.2, -0.15) is 0 Å². The Kier molecular flexibility index (Phi) is 9.90. The summed E-state index contributed by atoms with van der Waals surface area (Å²) in [5.41, 5.74) is 11.3. The fourth-order valence-corrected chi connectivity index (χ4v) is 5.55. The fourth-order valence-electron chi connectivity index (χ4n) is 5.55. The summed E-state index contributed by atoms with van der Waals surface area (Å²) >= 11 is 0. The van der Waals surface area contributed by atoms with Gasteiger partial charge in [0.2, 0.25) is 5.91 Å². The molecule has 0 spiro atoms. The average Bonchev–Trinajstić information content (AvgIpc) is 3.44. The van der Waals surface area contributed by atoms with Crippen molar-refractivity contribution in [3.63, 3.8) is 0 Å². The van der Waals surface area contributed by atoms with Crippen molar-refractivity contribution in [2.24, 2.45) is 0 Å². The second-order valence-corrected chi connectivity index (χ2v) is 10.6. The maximum atomic E-state index is 14.0. The second kappa shape index (κ2) is 14.2. The quantitative estimate of drug-likeness (QED) is 0.141. The molecule has 226 valence electrons. The van der Waals surface area contributed by atoms with Gasteiger partial charge in [0.1, 0.15) is 11.9 Å². The van der Waals surface area contributed by atoms with Gasteiger partial charge < -0.3 is 25.4 Å². The smallest absolute Gasteiger partial charge is 0.333 e. The maximum absolute atomic E-state index is 14.0. The van der Waals surface area contributed by atoms with Crippen LogP contribution in [0.15, 0.2) is 85.5 Å². The van der Waals surface area contributed by atoms with E-state index >= 15 is 0 Å². The molecule has 0 aliphatic carbocycles. The van der Waals surface area contributed by atoms with Crippen LogP contribution in [0.2, 0.25) is 0 Å². The van der Waals surface area contributed by atoms with E-state index in [9.17, 15) is 19.8 Å². The molecule has 2 aliphatic rings. The van der Waals surface area contributed by atoms with Crippen molar-refractivity contribution < 1.29 is 19.8 Å². The first-order chi connectivity index (χ1) is 21.0. The first-order valence-electron chi connectivity index (χ1n) is 14.5. The number of β-amino-alcohol motifs (C(OH)–C–C–N with tert-alkyl or cyclic N) is 1. The lowest BCUT2D eigenvalue weighted by Gasteiger charge is -2.43. The Morgan fingerprint density at radius 1 is 1.07 bits per heavy atom. The number of para-hydroxylation sites is 1. The summed E-state index contributed by atoms with van der Waals surface area (Å²) in [7, 11) is 0. The van der Waals surface area contributed by atoms with Crippen molar-refractivity contribution in [1.29, 1.82) is 0 Å². The number of piperazine rings is 1. The van der Waals surface area contributed by atoms with E-state index in [1.165, 1.54) is 5.01 Å². The average molecular weight is 586 g/mol. The Balaban J connectivity index is 1.41. The summed E-state index contributed by atoms with van der Waals surface area (Å²) in [6, 6.07) is 21.5. The molecule has 0 bridgehead atoms. The number of nitrogens with one attached hydrogen (secondary N) is 4. The molecule has 2 aliphatic heterocycles. The first kappa shape index (κ1) is 30.1. The fraction of sp³-hybridized carbons (Fsp3) is 0.312. The van der Waals surface area contributed by atoms with Gasteiger partial charge in [0.25, 0.3) is 0 Å². The number of aliphatic hydroxyl groups is 1. The molecule has 1 saturated heterocycles. The Morgan fingerprint density at radius 3 is 2.60 bits per heavy atom. The highest BCUT2D eigenvalue weighted by atomic mass is 16.3. The molecule has 0 saturated carbocycles. The van der Waals surface area contributed by atoms with Gasteiger partial charge in [0.05, 0.1) is 31.4 Å². The van der Waals surface area contributed by atoms with E-state index in [2.05, 4.69) is 28.1 Å². The van der Waals surface area contributed by atoms with Crippen LogP contribution in [0, 0.1) is 0 Å². The van der Waals surface area contributed by atoms with E-state index in [1.54, 1.807) is 35.2 Å². The zero-order chi connectivity index (χ0) is 30.2. The van der Waals surface area contributed by atoms with Crippen LogP contribution >= 0.6 is 0 Å². The molecule has 3 amide bonds. The number of phenols is 1. The molecule has 2 atom stereocenters. The number of urea groups is 1. The van der Waals surface area contributed by atoms with E-state index in [-0.39, 0.29) is 30.8 Å². The summed E-state index contributed by atoms with van der Waals surface area (Å²) < 4.78 is 0. The molecular weight excluding hydrogens is 546 g/mol. The summed E-state index contributed by atoms with van der Waals surface area (Å²) in [5.74, 6) is 0.0648. The Labute approximate surface area is 251 Å². The summed E-state index contributed by atoms with van der Waals surface area (Å²) in [4.78, 5) is 29.3. The number of carbonyl (C=O) groups excluding carboxylic acids is 2. The van der Waals surface area contributed by atoms with Crippen LogP contribution in [0.3, 0.4) is 0 Å². The third-order valence-corrected chi connectivity index (χ3v) is 7.61. The van der Waals surface area contributed by atoms with E-state index in [0.717, 1.165) is 27.9 Å². The predicted octanol–water partition coefficient (Wildman–Crippen LogP) is 1.98. The van der Waals surface area contributed by atoms with Crippen LogP contribution in [0.4, 0.5) is 10.5 Å². The summed E-state index contributed by atoms with van der Waals surface area (Å²) in [6.07, 6.45) is 1.49. The van der Waals surface area contributed by atoms with Crippen molar-refractivity contribution in [1.82, 2.24) is 31.4 Å². The van der Waals surface area contributed by atoms with Gasteiger partial charge in [-0.15, -0.1) is 6.58 Å². The Morgan fingerprint density at radius 2 is 1.86 bits per heavy atom. The minimum atomic E-state index is -0.623. The number of hydrogen-bond acceptors (Lipinski definition) is 8. The van der Waals surface area contributed by atoms with E-state index in [1.807, 2.05) is 53.5 Å². The van der Waals surface area contributed by atoms with Crippen molar-refractivity contribution in [2.45, 2.75) is 38.3 Å². The van der Waals surface area contributed by atoms with Crippen LogP contribution in [0.25, 0.3) is 0 Å². The molecule has 2 heterocycles. The minimum absolute atomic E-state index is 0.00779. The molecule has 3 aromatic rings. The number of amides is 3. The Hall–Kier alpha value is -4.42. The summed E-state index contributed by atoms with van der Waals surface area (Å²) in [6.45, 7) is 6.12. The number of nitrogens with zero attached hydrogens (tertiary/aromatic N) is 3. The summed E-state index contributed by atoms with van der Waals surface area (Å²) in [5, 5.41) is 29.2. The van der Waals surface area contributed by atoms with Crippen molar-refractivity contribution >= 4 is 17.6 Å². The maximum Gasteiger partial charge on any atom is 0.333 e. The van der Waals surface area contributed by atoms with Crippen LogP contribution in [0.5, 0.6) is 5.75 Å². The van der Waals surface area contributed by atoms with Gasteiger partial charge in [-0.1, -0.05) is 66.7 Å². The zero-order valence-corrected chi connectivity index (χ0v) is 24.1. The van der Waals surface area contributed by atoms with E-state index in [0.29, 0.717) is 39.1 Å². The normalized spacial score (nSPS) is 17.9. The third-order valence-electron chi connectivity index (χ3n) is 7.61. The second-order valence-electron chi connectivity index (χ2n) is 10.6. The van der Waals surface area contributed by atoms with Crippen molar-refractivity contribution in [3.05, 3.63) is 108 Å². The van der Waals surface area contributed by atoms with Gasteiger partial charge in [-0.05, 0) is 40.8 Å². The van der Waals surface area contributed by atoms with Crippen LogP contribution in [0.1, 0.15) is 22.3 Å². The molecule has 0 radical (unpaired) electrons. The number of aliphatic hydroxyl groups excluding tert-OH is 1. The molecule has 6 N–H and O–H groups in total. The predicted molar refractivity (Wildman–Crippen MR) is 164 cm³/mol. The minimum Gasteiger partial charge on any atom is -0.508 e. The molecule has 11 heteroatoms. The van der Waals surface area contributed by atoms with Gasteiger partial charge >= 0.3 is 6.03 Å². The number of fused-ring (bicyclic) bond motifs is 1. The highest BCUT2D eigenvalue weighted by Gasteiger charge is 2.38. The number of carbonyl (C=O) groups is 2. The topological polar surface area (TPSA) is 132 Å². The number of anilines is 1. The number of phenolic OH excluding ortho intramolecular Hbond substituents is 1. The first-order valence-corrected chi connectivity index (χ1v) is 14.5. The number of hydrazine groups is 2. The zero-order valence-electron chi connectivity index (χ0n) is 24.1. The highest BCUT2D eigenvalue weighted by molar-refractivity contribution is 5.84. The molecular formula is C32H39N7O4. The SMILES string of the molecule is C=CCNN(C(=O)NCc1ccccc1)[C@H]1CN(Cc2cccc3c2N(CCO)NC3)C(=O)[C@H](Cc2ccc(O)cc2)N1. The third kappa shape index (κ3) is 7.33. The van der Waals surface area contributed by atoms with Crippen LogP contribution in [-0.4, -0.2) is 70.5 Å². The molecule has 11 nitrogen and oxygen atoms in total. The highest BCUT2D eigenvalue weighted by Crippen LogP contribution is 2.31. The molecule has 0 unspecified atom stereocenters. The standard InChI is InChI=1S/C32H39N7O4/c1-2-15-34-39(32(43)33-19-24-7-4-3-5-8-24)29-22-37(31(42)28(36-29)18-23-11-13-27(41)14-12-23)21-26-10-6-9-25-20-35-38(16-17-40)30(25)26/h2-14,28-29,34-36,40-41H,1,15-22H2,(H,33,43)/t28-,29-/m0/s1. The Bertz CT molecular complexity index is 1400. The van der Waals surface area contributed by atoms with Gasteiger partial charge in [-0.3, -0.25) is 10.1 Å². The van der Waals surface area contributed by atoms with Gasteiger partial charge in [-0.25, -0.2) is 20.7 Å². The van der Waals surface area contributed by atoms with E-state index in [4.69, 9.17) is 0 Å². The molecule has 1 fully saturated rings. The van der Waals surface area contributed by atoms with Crippen LogP contribution < -0.4 is 26.5 Å². The van der Waals surface area contributed by atoms with E-state index < -0.39 is 12.2 Å². The largest absolute Gasteiger partial charge is 0.508 e. The van der Waals surface area contributed by atoms with Gasteiger partial charge in [0.15, 0.2) is 0 Å². The number of aromatic hydroxyl groups is 1. The number of benzene rings is 3. The number of hydrogen-bond donors (Lipinski definition) is 6. The molecule has 5 rings (SSSR count). The number of rotatable bonds is 12. The van der Waals surface area contributed by atoms with Crippen LogP contribution in [-0.2, 0) is 30.8 Å². The van der Waals surface area contributed by atoms with Gasteiger partial charge in [0, 0.05) is 26.2 Å². The van der Waals surface area contributed by atoms with Crippen molar-refractivity contribution in [3.8, 4) is 5.75 Å². The molecule has 3 aromatic carbocycles.